The molecule has 1 fully saturated rings. The number of H-pyrrole nitrogens is 1. The van der Waals surface area contributed by atoms with E-state index in [4.69, 9.17) is 0 Å². The van der Waals surface area contributed by atoms with E-state index < -0.39 is 0 Å². The Morgan fingerprint density at radius 1 is 1.24 bits per heavy atom. The van der Waals surface area contributed by atoms with E-state index in [1.165, 1.54) is 52.7 Å². The monoisotopic (exact) mass is 296 g/mol. The molecule has 108 valence electrons. The van der Waals surface area contributed by atoms with Crippen LogP contribution in [0.4, 0.5) is 0 Å². The number of hydrogen-bond donors (Lipinski definition) is 2. The second kappa shape index (κ2) is 5.66. The number of aromatic nitrogens is 1. The summed E-state index contributed by atoms with van der Waals surface area (Å²) in [6.07, 6.45) is 7.27. The van der Waals surface area contributed by atoms with Gasteiger partial charge in [0.1, 0.15) is 0 Å². The molecule has 0 radical (unpaired) electrons. The number of rotatable bonds is 4. The summed E-state index contributed by atoms with van der Waals surface area (Å²) in [4.78, 5) is 4.77. The van der Waals surface area contributed by atoms with Gasteiger partial charge in [0.2, 0.25) is 0 Å². The Hall–Kier alpha value is -1.58. The summed E-state index contributed by atoms with van der Waals surface area (Å²) in [7, 11) is 0. The van der Waals surface area contributed by atoms with Crippen molar-refractivity contribution in [2.24, 2.45) is 0 Å². The molecule has 2 aromatic heterocycles. The van der Waals surface area contributed by atoms with Crippen LogP contribution < -0.4 is 5.32 Å². The van der Waals surface area contributed by atoms with Gasteiger partial charge in [-0.05, 0) is 66.9 Å². The lowest BCUT2D eigenvalue weighted by molar-refractivity contribution is 0.560. The average molecular weight is 296 g/mol. The zero-order chi connectivity index (χ0) is 14.1. The normalized spacial score (nSPS) is 18.6. The van der Waals surface area contributed by atoms with Gasteiger partial charge < -0.3 is 10.3 Å². The topological polar surface area (TPSA) is 27.8 Å². The molecule has 0 spiro atoms. The van der Waals surface area contributed by atoms with E-state index in [-0.39, 0.29) is 0 Å². The Morgan fingerprint density at radius 2 is 2.24 bits per heavy atom. The van der Waals surface area contributed by atoms with Crippen LogP contribution in [0, 0.1) is 0 Å². The lowest BCUT2D eigenvalue weighted by atomic mass is 10.0. The Labute approximate surface area is 129 Å². The molecule has 4 rings (SSSR count). The Morgan fingerprint density at radius 3 is 3.05 bits per heavy atom. The molecule has 0 aliphatic carbocycles. The number of aromatic amines is 1. The number of nitrogens with one attached hydrogen (secondary N) is 2. The van der Waals surface area contributed by atoms with Crippen LogP contribution in [-0.2, 0) is 6.42 Å². The largest absolute Gasteiger partial charge is 0.361 e. The first-order valence-electron chi connectivity index (χ1n) is 7.77. The quantitative estimate of drug-likeness (QED) is 0.724. The molecule has 0 amide bonds. The van der Waals surface area contributed by atoms with Gasteiger partial charge in [0.25, 0.3) is 0 Å². The standard InChI is InChI=1S/C18H20N2S/c1-3-15(19-9-1)7-5-14-12-20-17-8-6-13(11-16(14)17)18-4-2-10-21-18/h2,4,6,8,10-12,15,19-20H,1,3,5,7,9H2. The molecule has 2 nitrogen and oxygen atoms in total. The zero-order valence-electron chi connectivity index (χ0n) is 12.1. The molecule has 3 heterocycles. The molecule has 1 saturated heterocycles. The minimum absolute atomic E-state index is 0.718. The van der Waals surface area contributed by atoms with Gasteiger partial charge >= 0.3 is 0 Å². The van der Waals surface area contributed by atoms with Crippen molar-refractivity contribution in [2.75, 3.05) is 6.54 Å². The van der Waals surface area contributed by atoms with E-state index in [2.05, 4.69) is 52.2 Å². The molecular weight excluding hydrogens is 276 g/mol. The van der Waals surface area contributed by atoms with Crippen molar-refractivity contribution in [1.82, 2.24) is 10.3 Å². The van der Waals surface area contributed by atoms with Gasteiger partial charge in [0, 0.05) is 28.0 Å². The maximum absolute atomic E-state index is 3.59. The molecule has 21 heavy (non-hydrogen) atoms. The van der Waals surface area contributed by atoms with Crippen molar-refractivity contribution in [1.29, 1.82) is 0 Å². The van der Waals surface area contributed by atoms with Crippen LogP contribution in [0.1, 0.15) is 24.8 Å². The van der Waals surface area contributed by atoms with Crippen LogP contribution in [0.5, 0.6) is 0 Å². The molecular formula is C18H20N2S. The lowest BCUT2D eigenvalue weighted by Crippen LogP contribution is -2.21. The van der Waals surface area contributed by atoms with Crippen molar-refractivity contribution < 1.29 is 0 Å². The van der Waals surface area contributed by atoms with Gasteiger partial charge in [-0.3, -0.25) is 0 Å². The van der Waals surface area contributed by atoms with Gasteiger partial charge in [-0.25, -0.2) is 0 Å². The van der Waals surface area contributed by atoms with Crippen LogP contribution in [0.25, 0.3) is 21.3 Å². The second-order valence-electron chi connectivity index (χ2n) is 5.88. The molecule has 1 aliphatic rings. The molecule has 0 bridgehead atoms. The third-order valence-electron chi connectivity index (χ3n) is 4.50. The number of hydrogen-bond acceptors (Lipinski definition) is 2. The molecule has 1 aromatic carbocycles. The van der Waals surface area contributed by atoms with Crippen LogP contribution >= 0.6 is 11.3 Å². The lowest BCUT2D eigenvalue weighted by Gasteiger charge is -2.09. The van der Waals surface area contributed by atoms with Crippen LogP contribution in [0.3, 0.4) is 0 Å². The van der Waals surface area contributed by atoms with Crippen LogP contribution in [0.15, 0.2) is 41.9 Å². The summed E-state index contributed by atoms with van der Waals surface area (Å²) >= 11 is 1.81. The van der Waals surface area contributed by atoms with E-state index in [9.17, 15) is 0 Å². The first-order valence-corrected chi connectivity index (χ1v) is 8.65. The maximum atomic E-state index is 3.59. The van der Waals surface area contributed by atoms with Crippen molar-refractivity contribution in [3.63, 3.8) is 0 Å². The van der Waals surface area contributed by atoms with Gasteiger partial charge in [-0.2, -0.15) is 0 Å². The molecule has 3 aromatic rings. The van der Waals surface area contributed by atoms with Crippen molar-refractivity contribution in [3.05, 3.63) is 47.5 Å². The molecule has 1 unspecified atom stereocenters. The highest BCUT2D eigenvalue weighted by Gasteiger charge is 2.14. The fourth-order valence-electron chi connectivity index (χ4n) is 3.31. The van der Waals surface area contributed by atoms with Crippen LogP contribution in [-0.4, -0.2) is 17.6 Å². The summed E-state index contributed by atoms with van der Waals surface area (Å²) in [5.74, 6) is 0. The number of aryl methyl sites for hydroxylation is 1. The van der Waals surface area contributed by atoms with E-state index in [0.717, 1.165) is 12.5 Å². The van der Waals surface area contributed by atoms with Crippen molar-refractivity contribution >= 4 is 22.2 Å². The summed E-state index contributed by atoms with van der Waals surface area (Å²) in [5, 5.41) is 7.12. The zero-order valence-corrected chi connectivity index (χ0v) is 12.9. The van der Waals surface area contributed by atoms with Gasteiger partial charge in [0.05, 0.1) is 0 Å². The molecule has 1 atom stereocenters. The third kappa shape index (κ3) is 2.63. The van der Waals surface area contributed by atoms with Gasteiger partial charge in [0.15, 0.2) is 0 Å². The summed E-state index contributed by atoms with van der Waals surface area (Å²) in [5.41, 5.74) is 4.04. The first-order chi connectivity index (χ1) is 10.4. The number of benzene rings is 1. The summed E-state index contributed by atoms with van der Waals surface area (Å²) in [6.45, 7) is 1.20. The fraction of sp³-hybridized carbons (Fsp3) is 0.333. The molecule has 0 saturated carbocycles. The highest BCUT2D eigenvalue weighted by atomic mass is 32.1. The highest BCUT2D eigenvalue weighted by Crippen LogP contribution is 2.30. The summed E-state index contributed by atoms with van der Waals surface area (Å²) in [6, 6.07) is 11.8. The summed E-state index contributed by atoms with van der Waals surface area (Å²) < 4.78 is 0. The van der Waals surface area contributed by atoms with Gasteiger partial charge in [-0.1, -0.05) is 12.1 Å². The van der Waals surface area contributed by atoms with E-state index in [1.54, 1.807) is 11.3 Å². The number of fused-ring (bicyclic) bond motifs is 1. The minimum atomic E-state index is 0.718. The maximum Gasteiger partial charge on any atom is 0.0457 e. The predicted molar refractivity (Wildman–Crippen MR) is 91.0 cm³/mol. The Kier molecular flexibility index (Phi) is 3.53. The van der Waals surface area contributed by atoms with Gasteiger partial charge in [-0.15, -0.1) is 11.3 Å². The Balaban J connectivity index is 1.61. The van der Waals surface area contributed by atoms with E-state index in [0.29, 0.717) is 0 Å². The van der Waals surface area contributed by atoms with E-state index >= 15 is 0 Å². The highest BCUT2D eigenvalue weighted by molar-refractivity contribution is 7.13. The first kappa shape index (κ1) is 13.1. The molecule has 1 aliphatic heterocycles. The SMILES string of the molecule is c1csc(-c2ccc3[nH]cc(CCC4CCCN4)c3c2)c1. The smallest absolute Gasteiger partial charge is 0.0457 e. The average Bonchev–Trinajstić information content (AvgIpc) is 3.25. The fourth-order valence-corrected chi connectivity index (χ4v) is 4.04. The third-order valence-corrected chi connectivity index (χ3v) is 5.42. The van der Waals surface area contributed by atoms with Crippen molar-refractivity contribution in [2.45, 2.75) is 31.7 Å². The van der Waals surface area contributed by atoms with Crippen molar-refractivity contribution in [3.8, 4) is 10.4 Å². The minimum Gasteiger partial charge on any atom is -0.361 e. The van der Waals surface area contributed by atoms with E-state index in [1.807, 2.05) is 0 Å². The predicted octanol–water partition coefficient (Wildman–Crippen LogP) is 4.58. The molecule has 3 heteroatoms. The van der Waals surface area contributed by atoms with Crippen LogP contribution in [0.2, 0.25) is 0 Å². The molecule has 2 N–H and O–H groups in total. The second-order valence-corrected chi connectivity index (χ2v) is 6.83. The number of thiophene rings is 1. The Bertz CT molecular complexity index is 721.